The van der Waals surface area contributed by atoms with Crippen LogP contribution < -0.4 is 10.6 Å². The minimum atomic E-state index is -0.952. The largest absolute Gasteiger partial charge is 0.462 e. The Morgan fingerprint density at radius 3 is 2.19 bits per heavy atom. The first-order valence-electron chi connectivity index (χ1n) is 7.72. The number of amides is 2. The highest BCUT2D eigenvalue weighted by atomic mass is 19.1. The number of carbonyl (C=O) groups is 3. The lowest BCUT2D eigenvalue weighted by Gasteiger charge is -2.11. The van der Waals surface area contributed by atoms with Gasteiger partial charge in [-0.15, -0.1) is 0 Å². The quantitative estimate of drug-likeness (QED) is 0.611. The van der Waals surface area contributed by atoms with Gasteiger partial charge in [0, 0.05) is 0 Å². The van der Waals surface area contributed by atoms with Gasteiger partial charge in [0.15, 0.2) is 0 Å². The second kappa shape index (κ2) is 8.70. The molecule has 26 heavy (non-hydrogen) atoms. The van der Waals surface area contributed by atoms with Gasteiger partial charge < -0.3 is 15.4 Å². The van der Waals surface area contributed by atoms with Crippen molar-refractivity contribution >= 4 is 29.2 Å². The van der Waals surface area contributed by atoms with E-state index in [1.807, 2.05) is 5.32 Å². The van der Waals surface area contributed by atoms with Crippen molar-refractivity contribution < 1.29 is 27.9 Å². The van der Waals surface area contributed by atoms with E-state index in [1.165, 1.54) is 12.1 Å². The van der Waals surface area contributed by atoms with Crippen molar-refractivity contribution in [2.75, 3.05) is 17.2 Å². The predicted octanol–water partition coefficient (Wildman–Crippen LogP) is 3.11. The molecule has 2 aromatic rings. The Morgan fingerprint density at radius 2 is 1.54 bits per heavy atom. The van der Waals surface area contributed by atoms with Gasteiger partial charge in [0.25, 0.3) is 0 Å². The van der Waals surface area contributed by atoms with Crippen molar-refractivity contribution in [2.24, 2.45) is 0 Å². The maximum Gasteiger partial charge on any atom is 0.340 e. The molecule has 0 heterocycles. The first-order chi connectivity index (χ1) is 12.4. The van der Waals surface area contributed by atoms with Crippen molar-refractivity contribution in [3.05, 3.63) is 59.7 Å². The fraction of sp³-hybridized carbons (Fsp3) is 0.167. The summed E-state index contributed by atoms with van der Waals surface area (Å²) < 4.78 is 31.9. The van der Waals surface area contributed by atoms with Crippen molar-refractivity contribution in [1.29, 1.82) is 0 Å². The standard InChI is InChI=1S/C18H16F2N2O4/c1-2-26-18(25)11-6-3-4-9-14(11)21-15(23)10-16(24)22-17-12(19)7-5-8-13(17)20/h3-9H,2,10H2,1H3,(H,21,23)(H,22,24). The molecule has 0 spiro atoms. The molecule has 0 unspecified atom stereocenters. The summed E-state index contributed by atoms with van der Waals surface area (Å²) in [5, 5.41) is 4.42. The lowest BCUT2D eigenvalue weighted by molar-refractivity contribution is -0.123. The van der Waals surface area contributed by atoms with Crippen LogP contribution in [0.3, 0.4) is 0 Å². The molecule has 0 atom stereocenters. The van der Waals surface area contributed by atoms with Gasteiger partial charge in [-0.2, -0.15) is 0 Å². The Bertz CT molecular complexity index is 819. The molecule has 2 aromatic carbocycles. The first-order valence-corrected chi connectivity index (χ1v) is 7.72. The van der Waals surface area contributed by atoms with E-state index in [9.17, 15) is 23.2 Å². The molecule has 0 bridgehead atoms. The molecule has 6 nitrogen and oxygen atoms in total. The molecule has 0 radical (unpaired) electrons. The van der Waals surface area contributed by atoms with Gasteiger partial charge in [0.2, 0.25) is 11.8 Å². The van der Waals surface area contributed by atoms with E-state index in [4.69, 9.17) is 4.74 Å². The van der Waals surface area contributed by atoms with Crippen LogP contribution in [0.15, 0.2) is 42.5 Å². The zero-order chi connectivity index (χ0) is 19.1. The SMILES string of the molecule is CCOC(=O)c1ccccc1NC(=O)CC(=O)Nc1c(F)cccc1F. The molecule has 0 aliphatic rings. The number of esters is 1. The van der Waals surface area contributed by atoms with Crippen LogP contribution in [-0.2, 0) is 14.3 Å². The summed E-state index contributed by atoms with van der Waals surface area (Å²) in [6.45, 7) is 1.81. The van der Waals surface area contributed by atoms with Crippen LogP contribution in [0.25, 0.3) is 0 Å². The van der Waals surface area contributed by atoms with Crippen molar-refractivity contribution in [3.8, 4) is 0 Å². The van der Waals surface area contributed by atoms with Crippen LogP contribution in [0, 0.1) is 11.6 Å². The summed E-state index contributed by atoms with van der Waals surface area (Å²) in [7, 11) is 0. The average Bonchev–Trinajstić information content (AvgIpc) is 2.59. The van der Waals surface area contributed by atoms with Crippen molar-refractivity contribution in [2.45, 2.75) is 13.3 Å². The molecular formula is C18H16F2N2O4. The lowest BCUT2D eigenvalue weighted by Crippen LogP contribution is -2.23. The number of nitrogens with one attached hydrogen (secondary N) is 2. The number of anilines is 2. The number of ether oxygens (including phenoxy) is 1. The summed E-state index contributed by atoms with van der Waals surface area (Å²) >= 11 is 0. The Labute approximate surface area is 148 Å². The number of hydrogen-bond acceptors (Lipinski definition) is 4. The summed E-state index contributed by atoms with van der Waals surface area (Å²) in [4.78, 5) is 35.7. The topological polar surface area (TPSA) is 84.5 Å². The van der Waals surface area contributed by atoms with Crippen LogP contribution >= 0.6 is 0 Å². The third kappa shape index (κ3) is 4.85. The van der Waals surface area contributed by atoms with Gasteiger partial charge in [-0.3, -0.25) is 9.59 Å². The van der Waals surface area contributed by atoms with E-state index in [0.717, 1.165) is 18.2 Å². The Morgan fingerprint density at radius 1 is 0.923 bits per heavy atom. The van der Waals surface area contributed by atoms with Gasteiger partial charge in [-0.1, -0.05) is 18.2 Å². The summed E-state index contributed by atoms with van der Waals surface area (Å²) in [5.74, 6) is -4.18. The molecule has 136 valence electrons. The molecule has 0 fully saturated rings. The highest BCUT2D eigenvalue weighted by Crippen LogP contribution is 2.19. The van der Waals surface area contributed by atoms with Gasteiger partial charge in [0.05, 0.1) is 17.9 Å². The van der Waals surface area contributed by atoms with E-state index >= 15 is 0 Å². The molecule has 0 aliphatic heterocycles. The fourth-order valence-electron chi connectivity index (χ4n) is 2.12. The third-order valence-corrected chi connectivity index (χ3v) is 3.24. The molecule has 2 rings (SSSR count). The van der Waals surface area contributed by atoms with E-state index in [-0.39, 0.29) is 17.9 Å². The van der Waals surface area contributed by atoms with Crippen LogP contribution in [0.1, 0.15) is 23.7 Å². The molecule has 0 aromatic heterocycles. The average molecular weight is 362 g/mol. The number of rotatable bonds is 6. The van der Waals surface area contributed by atoms with E-state index in [1.54, 1.807) is 19.1 Å². The maximum absolute atomic E-state index is 13.5. The van der Waals surface area contributed by atoms with E-state index in [2.05, 4.69) is 5.32 Å². The molecule has 0 aliphatic carbocycles. The third-order valence-electron chi connectivity index (χ3n) is 3.24. The molecule has 8 heteroatoms. The monoisotopic (exact) mass is 362 g/mol. The summed E-state index contributed by atoms with van der Waals surface area (Å²) in [6, 6.07) is 9.23. The fourth-order valence-corrected chi connectivity index (χ4v) is 2.12. The van der Waals surface area contributed by atoms with E-state index < -0.39 is 41.5 Å². The number of benzene rings is 2. The Kier molecular flexibility index (Phi) is 6.37. The van der Waals surface area contributed by atoms with Gasteiger partial charge in [0.1, 0.15) is 23.7 Å². The second-order valence-electron chi connectivity index (χ2n) is 5.14. The van der Waals surface area contributed by atoms with Crippen LogP contribution in [0.2, 0.25) is 0 Å². The summed E-state index contributed by atoms with van der Waals surface area (Å²) in [6.07, 6.45) is -0.690. The van der Waals surface area contributed by atoms with Gasteiger partial charge in [-0.05, 0) is 31.2 Å². The van der Waals surface area contributed by atoms with E-state index in [0.29, 0.717) is 0 Å². The minimum Gasteiger partial charge on any atom is -0.462 e. The molecule has 0 saturated carbocycles. The number of halogens is 2. The predicted molar refractivity (Wildman–Crippen MR) is 90.6 cm³/mol. The number of carbonyl (C=O) groups excluding carboxylic acids is 3. The highest BCUT2D eigenvalue weighted by molar-refractivity contribution is 6.10. The molecule has 2 amide bonds. The minimum absolute atomic E-state index is 0.128. The Balaban J connectivity index is 2.03. The number of para-hydroxylation sites is 2. The van der Waals surface area contributed by atoms with Crippen LogP contribution in [0.5, 0.6) is 0 Å². The maximum atomic E-state index is 13.5. The Hall–Kier alpha value is -3.29. The first kappa shape index (κ1) is 19.0. The molecule has 2 N–H and O–H groups in total. The highest BCUT2D eigenvalue weighted by Gasteiger charge is 2.17. The second-order valence-corrected chi connectivity index (χ2v) is 5.14. The molecule has 0 saturated heterocycles. The van der Waals surface area contributed by atoms with Crippen LogP contribution in [0.4, 0.5) is 20.2 Å². The normalized spacial score (nSPS) is 10.1. The summed E-state index contributed by atoms with van der Waals surface area (Å²) in [5.41, 5.74) is -0.332. The smallest absolute Gasteiger partial charge is 0.340 e. The zero-order valence-corrected chi connectivity index (χ0v) is 13.8. The van der Waals surface area contributed by atoms with Gasteiger partial charge in [-0.25, -0.2) is 13.6 Å². The van der Waals surface area contributed by atoms with Crippen molar-refractivity contribution in [3.63, 3.8) is 0 Å². The zero-order valence-electron chi connectivity index (χ0n) is 13.8. The van der Waals surface area contributed by atoms with Crippen LogP contribution in [-0.4, -0.2) is 24.4 Å². The lowest BCUT2D eigenvalue weighted by atomic mass is 10.1. The van der Waals surface area contributed by atoms with Gasteiger partial charge >= 0.3 is 5.97 Å². The molecular weight excluding hydrogens is 346 g/mol. The number of hydrogen-bond donors (Lipinski definition) is 2. The van der Waals surface area contributed by atoms with Crippen molar-refractivity contribution in [1.82, 2.24) is 0 Å².